The molecule has 17 aliphatic carbocycles. The summed E-state index contributed by atoms with van der Waals surface area (Å²) in [4.78, 5) is 102. The molecule has 0 spiro atoms. The van der Waals surface area contributed by atoms with Crippen molar-refractivity contribution in [2.75, 3.05) is 51.8 Å². The number of benzene rings is 1. The molecule has 16 bridgehead atoms. The van der Waals surface area contributed by atoms with Gasteiger partial charge in [-0.25, -0.2) is 53.2 Å². The predicted octanol–water partition coefficient (Wildman–Crippen LogP) is 13.3. The number of carbonyl (C=O) groups is 1. The highest BCUT2D eigenvalue weighted by Crippen LogP contribution is 2.66. The lowest BCUT2D eigenvalue weighted by Gasteiger charge is -2.62. The normalized spacial score (nSPS) is 32.9. The van der Waals surface area contributed by atoms with E-state index in [2.05, 4.69) is 90.6 Å². The molecule has 16 saturated carbocycles. The van der Waals surface area contributed by atoms with E-state index in [1.807, 2.05) is 48.5 Å². The number of hydrogen-bond donors (Lipinski definition) is 8. The first-order chi connectivity index (χ1) is 63.2. The van der Waals surface area contributed by atoms with Crippen molar-refractivity contribution in [3.63, 3.8) is 0 Å². The van der Waals surface area contributed by atoms with E-state index in [4.69, 9.17) is 53.4 Å². The topological polar surface area (TPSA) is 404 Å². The fourth-order valence-electron chi connectivity index (χ4n) is 28.9. The van der Waals surface area contributed by atoms with Gasteiger partial charge >= 0.3 is 17.1 Å². The lowest BCUT2D eigenvalue weighted by atomic mass is 9.48. The summed E-state index contributed by atoms with van der Waals surface area (Å²) in [6.07, 6.45) is 38.3. The summed E-state index contributed by atoms with van der Waals surface area (Å²) < 4.78 is 37.4. The number of nitrogens with two attached hydrogens (primary N) is 1. The number of primary amides is 1. The van der Waals surface area contributed by atoms with Crippen LogP contribution in [0.25, 0.3) is 39.1 Å². The van der Waals surface area contributed by atoms with E-state index in [0.29, 0.717) is 150 Å². The highest BCUT2D eigenvalue weighted by molar-refractivity contribution is 6.33. The monoisotopic (exact) mass is 1830 g/mol. The summed E-state index contributed by atoms with van der Waals surface area (Å²) in [5.74, 6) is 7.96. The maximum absolute atomic E-state index is 14.3. The smallest absolute Gasteiger partial charge is 0.330 e. The van der Waals surface area contributed by atoms with Crippen molar-refractivity contribution in [3.8, 4) is 5.88 Å². The van der Waals surface area contributed by atoms with Gasteiger partial charge in [0.05, 0.1) is 105 Å². The van der Waals surface area contributed by atoms with Gasteiger partial charge in [0.1, 0.15) is 40.2 Å². The fraction of sp³-hybridized carbons (Fsp3) is 0.547. The third-order valence-electron chi connectivity index (χ3n) is 33.1. The Morgan fingerprint density at radius 3 is 1.57 bits per heavy atom. The Labute approximate surface area is 768 Å². The van der Waals surface area contributed by atoms with Crippen molar-refractivity contribution in [2.24, 2.45) is 103 Å². The number of nitrogens with zero attached hydrogens (tertiary/aromatic N) is 20. The number of rotatable bonds is 14. The number of aromatic nitrogens is 18. The minimum atomic E-state index is -0.835. The largest absolute Gasteiger partial charge is 0.481 e. The zero-order valence-electron chi connectivity index (χ0n) is 75.2. The molecule has 9 N–H and O–H groups in total. The summed E-state index contributed by atoms with van der Waals surface area (Å²) in [6.45, 7) is 11.3. The Bertz CT molecular complexity index is 6850. The van der Waals surface area contributed by atoms with Crippen LogP contribution < -0.4 is 58.6 Å². The number of amides is 1. The molecule has 11 aromatic rings. The third kappa shape index (κ3) is 14.2. The fourth-order valence-corrected chi connectivity index (χ4v) is 29.4. The lowest BCUT2D eigenvalue weighted by Crippen LogP contribution is -2.65. The van der Waals surface area contributed by atoms with Crippen LogP contribution in [-0.2, 0) is 25.9 Å². The Balaban J connectivity index is 0.0000000998. The summed E-state index contributed by atoms with van der Waals surface area (Å²) in [5.41, 5.74) is 13.3. The molecule has 37 heteroatoms. The summed E-state index contributed by atoms with van der Waals surface area (Å²) >= 11 is 13.0. The summed E-state index contributed by atoms with van der Waals surface area (Å²) in [7, 11) is 8.91. The van der Waals surface area contributed by atoms with Gasteiger partial charge in [0.15, 0.2) is 28.4 Å². The second-order valence-corrected chi connectivity index (χ2v) is 43.0. The van der Waals surface area contributed by atoms with Crippen LogP contribution in [0.15, 0.2) is 117 Å². The Hall–Kier alpha value is -11.2. The lowest BCUT2D eigenvalue weighted by molar-refractivity contribution is -0.147. The molecule has 17 fully saturated rings. The molecular formula is C95H110Cl2FN25O9. The number of carbonyl (C=O) groups excluding carboxylic acids is 1. The van der Waals surface area contributed by atoms with Gasteiger partial charge < -0.3 is 61.6 Å². The highest BCUT2D eigenvalue weighted by Gasteiger charge is 2.63. The maximum atomic E-state index is 14.3. The van der Waals surface area contributed by atoms with E-state index in [1.54, 1.807) is 88.0 Å². The molecule has 1 saturated heterocycles. The molecule has 690 valence electrons. The molecule has 10 atom stereocenters. The molecule has 2 aliphatic heterocycles. The van der Waals surface area contributed by atoms with Crippen molar-refractivity contribution in [1.82, 2.24) is 86.9 Å². The molecule has 1 amide bonds. The predicted molar refractivity (Wildman–Crippen MR) is 495 cm³/mol. The van der Waals surface area contributed by atoms with Gasteiger partial charge in [-0.2, -0.15) is 25.0 Å². The maximum Gasteiger partial charge on any atom is 0.330 e. The highest BCUT2D eigenvalue weighted by atomic mass is 35.5. The third-order valence-corrected chi connectivity index (χ3v) is 33.7. The number of anilines is 9. The van der Waals surface area contributed by atoms with Gasteiger partial charge in [0.25, 0.3) is 5.91 Å². The van der Waals surface area contributed by atoms with Gasteiger partial charge in [-0.3, -0.25) is 32.2 Å². The average molecular weight is 1840 g/mol. The Morgan fingerprint density at radius 1 is 0.568 bits per heavy atom. The number of aryl methyl sites for hydroxylation is 5. The zero-order valence-corrected chi connectivity index (χ0v) is 76.7. The SMILES string of the molecule is C=C1N(C)c2cnc(NC3=CC4CCOC4C=C3Cl)nc2N1C12CC3CC(CC(O)(C3)C1)C2.COc1cc(C)c(Nc2ncc3c(n2)n(C2C4CC5CC2CC(O)(C5)C4)c(=O)n3C)cn1.Cc1cc(C(N)=O)c(F)cc1Nc1ncc2c(n1)n(C1C3CC4CC1CC(O)(C4)C3)c(=O)n2C.Cn1c(=O)n(C2C3CC4CC2CC(C)(C4)C3)c2nc(Nc3cn4ncnc4cc3Cl)ncc21. The number of ether oxygens (including phenoxy) is 2. The molecule has 132 heavy (non-hydrogen) atoms. The first-order valence-electron chi connectivity index (χ1n) is 46.7. The summed E-state index contributed by atoms with van der Waals surface area (Å²) in [5, 5.41) is 51.5. The Morgan fingerprint density at radius 2 is 1.06 bits per heavy atom. The van der Waals surface area contributed by atoms with E-state index in [0.717, 1.165) is 148 Å². The molecule has 1 aromatic carbocycles. The van der Waals surface area contributed by atoms with Crippen molar-refractivity contribution in [3.05, 3.63) is 162 Å². The minimum absolute atomic E-state index is 0.00106. The van der Waals surface area contributed by atoms with Crippen molar-refractivity contribution < 1.29 is 34.0 Å². The van der Waals surface area contributed by atoms with Crippen LogP contribution in [0.5, 0.6) is 5.88 Å². The van der Waals surface area contributed by atoms with Crippen LogP contribution in [0.4, 0.5) is 56.8 Å². The molecule has 30 rings (SSSR count). The second kappa shape index (κ2) is 30.9. The van der Waals surface area contributed by atoms with Crippen LogP contribution in [0.1, 0.15) is 188 Å². The van der Waals surface area contributed by atoms with Crippen molar-refractivity contribution >= 4 is 121 Å². The van der Waals surface area contributed by atoms with Crippen LogP contribution in [0, 0.1) is 96.1 Å². The molecule has 19 aliphatic rings. The number of pyridine rings is 2. The number of fused-ring (bicyclic) bond motifs is 6. The van der Waals surface area contributed by atoms with Crippen LogP contribution in [0.3, 0.4) is 0 Å². The standard InChI is InChI=1S/C25H30ClN5O2.C24H27FN6O3.C23H25ClN8O.C23H28N6O3/c1-14-30(2)20-12-27-23(28-19-6-17-3-4-33-21(17)7-18(19)26)29-22(20)31(14)24-8-15-5-16(9-24)11-25(32,10-15)13-24;1-11-3-15(20(26)32)16(25)6-17(11)28-22-27-10-18-21(29-22)31(23(33)30(18)2)19-13-4-12-5-14(19)9-24(34,7-12)8-13;1-23-6-12-3-13(7-23)19(14(4-12)8-23)32-20-17(30(2)22(32)33)9-25-21(29-20)28-16-10-31-18(5-15(16)24)26-11-27-31;1-12-4-18(32-3)24-10-16(12)26-21-25-11-17-20(27-21)29(22(30)28(17)2)19-14-5-13-6-15(19)9-23(31,7-13)8-14/h6-7,12,15-17,21,32H,1,3-5,8-11,13H2,2H3,(H,27,28,29);3,6,10,12-14,19,34H,4-5,7-9H2,1-2H3,(H2,26,32)(H,27,28,29);5,9-14,19H,3-4,6-8H2,1-2H3,(H,25,28,29);4,10-11,13-15,19,31H,5-9H2,1-3H3,(H,25,26,27). The first kappa shape index (κ1) is 85.0. The quantitative estimate of drug-likeness (QED) is 0.0501. The van der Waals surface area contributed by atoms with Gasteiger partial charge in [0.2, 0.25) is 29.7 Å². The van der Waals surface area contributed by atoms with Gasteiger partial charge in [-0.1, -0.05) is 42.8 Å². The molecule has 0 radical (unpaired) electrons. The minimum Gasteiger partial charge on any atom is -0.481 e. The number of nitrogens with one attached hydrogen (secondary N) is 4. The summed E-state index contributed by atoms with van der Waals surface area (Å²) in [6, 6.07) is 6.45. The van der Waals surface area contributed by atoms with Gasteiger partial charge in [-0.05, 0) is 255 Å². The van der Waals surface area contributed by atoms with Crippen molar-refractivity contribution in [2.45, 2.75) is 209 Å². The van der Waals surface area contributed by atoms with Crippen LogP contribution >= 0.6 is 23.2 Å². The number of halogens is 3. The van der Waals surface area contributed by atoms with E-state index < -0.39 is 28.5 Å². The number of imidazole rings is 3. The van der Waals surface area contributed by atoms with E-state index in [-0.39, 0.29) is 70.2 Å². The van der Waals surface area contributed by atoms with Crippen molar-refractivity contribution in [1.29, 1.82) is 0 Å². The number of methoxy groups -OCH3 is 1. The van der Waals surface area contributed by atoms with Crippen LogP contribution in [-0.4, -0.2) is 157 Å². The van der Waals surface area contributed by atoms with E-state index in [1.165, 1.54) is 57.0 Å². The molecule has 10 aromatic heterocycles. The first-order valence-corrected chi connectivity index (χ1v) is 47.4. The molecule has 10 unspecified atom stereocenters. The molecule has 12 heterocycles. The van der Waals surface area contributed by atoms with Gasteiger partial charge in [0, 0.05) is 76.7 Å². The zero-order chi connectivity index (χ0) is 91.2. The number of hydrogen-bond acceptors (Lipinski definition) is 26. The Kier molecular flexibility index (Phi) is 19.9. The van der Waals surface area contributed by atoms with Crippen LogP contribution in [0.2, 0.25) is 5.02 Å². The number of aliphatic hydroxyl groups is 3. The number of allylic oxidation sites excluding steroid dienone is 1. The van der Waals surface area contributed by atoms with Gasteiger partial charge in [-0.15, -0.1) is 0 Å². The van der Waals surface area contributed by atoms with E-state index in [9.17, 15) is 38.9 Å². The molecule has 34 nitrogen and oxygen atoms in total. The molecular weight excluding hydrogens is 1730 g/mol. The second-order valence-electron chi connectivity index (χ2n) is 42.1. The van der Waals surface area contributed by atoms with E-state index >= 15 is 0 Å². The average Bonchev–Trinajstić information content (AvgIpc) is 1.73.